The predicted molar refractivity (Wildman–Crippen MR) is 144 cm³/mol. The molecular weight excluding hydrogens is 496 g/mol. The number of fused-ring (bicyclic) bond motifs is 1. The molecule has 1 aliphatic heterocycles. The van der Waals surface area contributed by atoms with E-state index in [0.717, 1.165) is 35.4 Å². The number of nitrogens with zero attached hydrogens (tertiary/aromatic N) is 8. The summed E-state index contributed by atoms with van der Waals surface area (Å²) in [6.45, 7) is 10.9. The van der Waals surface area contributed by atoms with E-state index < -0.39 is 5.60 Å². The van der Waals surface area contributed by atoms with Gasteiger partial charge in [-0.1, -0.05) is 0 Å². The summed E-state index contributed by atoms with van der Waals surface area (Å²) >= 11 is 0. The fourth-order valence-corrected chi connectivity index (χ4v) is 5.00. The van der Waals surface area contributed by atoms with Gasteiger partial charge in [-0.2, -0.15) is 20.6 Å². The maximum atomic E-state index is 12.5. The van der Waals surface area contributed by atoms with Crippen molar-refractivity contribution in [3.05, 3.63) is 53.9 Å². The van der Waals surface area contributed by atoms with Crippen LogP contribution in [0.2, 0.25) is 0 Å². The van der Waals surface area contributed by atoms with E-state index >= 15 is 0 Å². The SMILES string of the molecule is Cc1c(-c2cc(O[C@H](C)c3ccn(C)n3)c3c(C#N)cnn3c2)cnn1C1CCN(C(=O)OC(C)(C)C)CC1. The number of pyridine rings is 1. The molecule has 4 aromatic heterocycles. The molecule has 1 aliphatic rings. The quantitative estimate of drug-likeness (QED) is 0.363. The lowest BCUT2D eigenvalue weighted by Gasteiger charge is -2.33. The first-order valence-corrected chi connectivity index (χ1v) is 13.1. The Labute approximate surface area is 227 Å². The van der Waals surface area contributed by atoms with Crippen molar-refractivity contribution in [3.63, 3.8) is 0 Å². The van der Waals surface area contributed by atoms with Crippen LogP contribution in [-0.2, 0) is 11.8 Å². The van der Waals surface area contributed by atoms with Crippen molar-refractivity contribution in [2.45, 2.75) is 65.2 Å². The average molecular weight is 531 g/mol. The molecule has 4 aromatic rings. The van der Waals surface area contributed by atoms with E-state index in [1.165, 1.54) is 0 Å². The van der Waals surface area contributed by atoms with Gasteiger partial charge in [-0.3, -0.25) is 9.36 Å². The molecule has 39 heavy (non-hydrogen) atoms. The lowest BCUT2D eigenvalue weighted by atomic mass is 10.0. The first kappa shape index (κ1) is 26.3. The number of hydrogen-bond donors (Lipinski definition) is 0. The molecule has 11 nitrogen and oxygen atoms in total. The Morgan fingerprint density at radius 1 is 1.21 bits per heavy atom. The molecule has 1 atom stereocenters. The van der Waals surface area contributed by atoms with Crippen molar-refractivity contribution in [3.8, 4) is 22.9 Å². The fourth-order valence-electron chi connectivity index (χ4n) is 5.00. The van der Waals surface area contributed by atoms with Gasteiger partial charge >= 0.3 is 6.09 Å². The third-order valence-corrected chi connectivity index (χ3v) is 6.97. The van der Waals surface area contributed by atoms with Crippen molar-refractivity contribution >= 4 is 11.6 Å². The zero-order chi connectivity index (χ0) is 27.9. The van der Waals surface area contributed by atoms with Crippen molar-refractivity contribution in [1.29, 1.82) is 5.26 Å². The summed E-state index contributed by atoms with van der Waals surface area (Å²) in [7, 11) is 1.86. The number of likely N-dealkylation sites (tertiary alicyclic amines) is 1. The van der Waals surface area contributed by atoms with Crippen LogP contribution in [0.1, 0.15) is 69.6 Å². The normalized spacial score (nSPS) is 15.4. The van der Waals surface area contributed by atoms with Crippen LogP contribution in [0.5, 0.6) is 5.75 Å². The first-order valence-electron chi connectivity index (χ1n) is 13.1. The van der Waals surface area contributed by atoms with Gasteiger partial charge in [-0.05, 0) is 59.6 Å². The van der Waals surface area contributed by atoms with Gasteiger partial charge in [0.15, 0.2) is 0 Å². The molecule has 0 aromatic carbocycles. The van der Waals surface area contributed by atoms with Gasteiger partial charge in [0.05, 0.1) is 18.4 Å². The molecule has 0 N–H and O–H groups in total. The van der Waals surface area contributed by atoms with E-state index in [9.17, 15) is 10.1 Å². The van der Waals surface area contributed by atoms with E-state index in [1.54, 1.807) is 20.3 Å². The third kappa shape index (κ3) is 5.32. The second-order valence-corrected chi connectivity index (χ2v) is 11.0. The molecule has 204 valence electrons. The van der Waals surface area contributed by atoms with Crippen LogP contribution in [-0.4, -0.2) is 58.9 Å². The molecule has 5 rings (SSSR count). The van der Waals surface area contributed by atoms with Gasteiger partial charge in [-0.25, -0.2) is 9.31 Å². The molecule has 1 amide bonds. The Hall–Kier alpha value is -4.33. The van der Waals surface area contributed by atoms with Crippen molar-refractivity contribution in [2.24, 2.45) is 7.05 Å². The Balaban J connectivity index is 1.41. The number of rotatable bonds is 5. The summed E-state index contributed by atoms with van der Waals surface area (Å²) in [5.41, 5.74) is 4.19. The molecule has 1 fully saturated rings. The number of aromatic nitrogens is 6. The molecule has 0 spiro atoms. The molecule has 0 aliphatic carbocycles. The van der Waals surface area contributed by atoms with E-state index in [0.29, 0.717) is 29.9 Å². The molecule has 0 saturated carbocycles. The molecular formula is C28H34N8O3. The number of ether oxygens (including phenoxy) is 2. The summed E-state index contributed by atoms with van der Waals surface area (Å²) in [6, 6.07) is 6.24. The second-order valence-electron chi connectivity index (χ2n) is 11.0. The van der Waals surface area contributed by atoms with Gasteiger partial charge < -0.3 is 14.4 Å². The fraction of sp³-hybridized carbons (Fsp3) is 0.464. The molecule has 0 unspecified atom stereocenters. The molecule has 5 heterocycles. The van der Waals surface area contributed by atoms with Gasteiger partial charge in [0, 0.05) is 49.4 Å². The highest BCUT2D eigenvalue weighted by atomic mass is 16.6. The predicted octanol–water partition coefficient (Wildman–Crippen LogP) is 4.82. The van der Waals surface area contributed by atoms with Gasteiger partial charge in [0.2, 0.25) is 0 Å². The third-order valence-electron chi connectivity index (χ3n) is 6.97. The number of carbonyl (C=O) groups excluding carboxylic acids is 1. The van der Waals surface area contributed by atoms with Crippen LogP contribution >= 0.6 is 0 Å². The molecule has 0 bridgehead atoms. The Morgan fingerprint density at radius 3 is 2.59 bits per heavy atom. The Kier molecular flexibility index (Phi) is 6.80. The molecule has 11 heteroatoms. The average Bonchev–Trinajstić information content (AvgIpc) is 3.61. The van der Waals surface area contributed by atoms with Gasteiger partial charge in [0.1, 0.15) is 40.3 Å². The maximum Gasteiger partial charge on any atom is 0.410 e. The zero-order valence-electron chi connectivity index (χ0n) is 23.2. The van der Waals surface area contributed by atoms with E-state index in [2.05, 4.69) is 16.3 Å². The number of hydrogen-bond acceptors (Lipinski definition) is 7. The highest BCUT2D eigenvalue weighted by Crippen LogP contribution is 2.35. The highest BCUT2D eigenvalue weighted by Gasteiger charge is 2.29. The van der Waals surface area contributed by atoms with Crippen LogP contribution in [0, 0.1) is 18.3 Å². The van der Waals surface area contributed by atoms with Gasteiger partial charge in [0.25, 0.3) is 0 Å². The van der Waals surface area contributed by atoms with Crippen molar-refractivity contribution in [1.82, 2.24) is 34.1 Å². The number of carbonyl (C=O) groups is 1. The minimum Gasteiger partial charge on any atom is -0.482 e. The summed E-state index contributed by atoms with van der Waals surface area (Å²) in [4.78, 5) is 14.2. The zero-order valence-corrected chi connectivity index (χ0v) is 23.2. The monoisotopic (exact) mass is 530 g/mol. The van der Waals surface area contributed by atoms with Crippen LogP contribution < -0.4 is 4.74 Å². The number of amides is 1. The van der Waals surface area contributed by atoms with Crippen LogP contribution in [0.3, 0.4) is 0 Å². The minimum absolute atomic E-state index is 0.177. The number of aryl methyl sites for hydroxylation is 1. The first-order chi connectivity index (χ1) is 18.5. The Bertz CT molecular complexity index is 1540. The molecule has 0 radical (unpaired) electrons. The Morgan fingerprint density at radius 2 is 1.95 bits per heavy atom. The van der Waals surface area contributed by atoms with Crippen LogP contribution in [0.15, 0.2) is 36.9 Å². The van der Waals surface area contributed by atoms with Crippen molar-refractivity contribution in [2.75, 3.05) is 13.1 Å². The standard InChI is InChI=1S/C28H34N8O3/c1-18-23(16-31-36(18)22-7-11-34(12-8-22)27(37)39-28(3,4)5)20-13-25(26-21(14-29)15-30-35(26)17-20)38-19(2)24-9-10-33(6)32-24/h9-10,13,15-17,19,22H,7-8,11-12H2,1-6H3/t19-/m1/s1. The lowest BCUT2D eigenvalue weighted by molar-refractivity contribution is 0.0184. The summed E-state index contributed by atoms with van der Waals surface area (Å²) in [5, 5.41) is 23.3. The summed E-state index contributed by atoms with van der Waals surface area (Å²) in [5.74, 6) is 0.553. The van der Waals surface area contributed by atoms with Crippen LogP contribution in [0.4, 0.5) is 4.79 Å². The second kappa shape index (κ2) is 10.1. The van der Waals surface area contributed by atoms with Gasteiger partial charge in [-0.15, -0.1) is 0 Å². The number of nitriles is 1. The minimum atomic E-state index is -0.511. The smallest absolute Gasteiger partial charge is 0.410 e. The lowest BCUT2D eigenvalue weighted by Crippen LogP contribution is -2.42. The number of piperidine rings is 1. The summed E-state index contributed by atoms with van der Waals surface area (Å²) in [6.07, 6.45) is 8.16. The van der Waals surface area contributed by atoms with Crippen LogP contribution in [0.25, 0.3) is 16.6 Å². The summed E-state index contributed by atoms with van der Waals surface area (Å²) < 4.78 is 17.4. The maximum absolute atomic E-state index is 12.5. The largest absolute Gasteiger partial charge is 0.482 e. The van der Waals surface area contributed by atoms with E-state index in [1.807, 2.05) is 77.1 Å². The van der Waals surface area contributed by atoms with E-state index in [4.69, 9.17) is 14.6 Å². The van der Waals surface area contributed by atoms with E-state index in [-0.39, 0.29) is 18.2 Å². The topological polar surface area (TPSA) is 116 Å². The van der Waals surface area contributed by atoms with Crippen molar-refractivity contribution < 1.29 is 14.3 Å². The molecule has 1 saturated heterocycles. The highest BCUT2D eigenvalue weighted by molar-refractivity contribution is 5.76.